The van der Waals surface area contributed by atoms with E-state index in [1.54, 1.807) is 6.20 Å². The molecule has 0 aromatic carbocycles. The van der Waals surface area contributed by atoms with Crippen LogP contribution in [0.5, 0.6) is 0 Å². The molecule has 4 heteroatoms. The van der Waals surface area contributed by atoms with Crippen molar-refractivity contribution < 1.29 is 0 Å². The lowest BCUT2D eigenvalue weighted by molar-refractivity contribution is 0.585. The Morgan fingerprint density at radius 3 is 2.76 bits per heavy atom. The van der Waals surface area contributed by atoms with E-state index in [1.165, 1.54) is 16.8 Å². The highest BCUT2D eigenvalue weighted by Gasteiger charge is 2.15. The summed E-state index contributed by atoms with van der Waals surface area (Å²) in [5.41, 5.74) is 3.68. The molecule has 0 radical (unpaired) electrons. The molecule has 4 nitrogen and oxygen atoms in total. The molecule has 2 heterocycles. The molecule has 2 aromatic rings. The Labute approximate surface area is 102 Å². The Morgan fingerprint density at radius 1 is 1.41 bits per heavy atom. The summed E-state index contributed by atoms with van der Waals surface area (Å²) in [6, 6.07) is 4.36. The zero-order valence-corrected chi connectivity index (χ0v) is 10.5. The van der Waals surface area contributed by atoms with Gasteiger partial charge in [0.2, 0.25) is 0 Å². The predicted octanol–water partition coefficient (Wildman–Crippen LogP) is 1.63. The first-order valence-electron chi connectivity index (χ1n) is 5.77. The molecule has 1 unspecified atom stereocenters. The minimum atomic E-state index is 0.285. The van der Waals surface area contributed by atoms with E-state index in [1.807, 2.05) is 37.2 Å². The zero-order valence-electron chi connectivity index (χ0n) is 10.5. The maximum Gasteiger partial charge on any atom is 0.0540 e. The third-order valence-electron chi connectivity index (χ3n) is 3.16. The van der Waals surface area contributed by atoms with Crippen LogP contribution >= 0.6 is 0 Å². The average Bonchev–Trinajstić information content (AvgIpc) is 2.69. The summed E-state index contributed by atoms with van der Waals surface area (Å²) < 4.78 is 1.91. The van der Waals surface area contributed by atoms with E-state index >= 15 is 0 Å². The van der Waals surface area contributed by atoms with Gasteiger partial charge < -0.3 is 5.32 Å². The number of likely N-dealkylation sites (N-methyl/N-ethyl adjacent to an activating group) is 1. The molecule has 0 amide bonds. The summed E-state index contributed by atoms with van der Waals surface area (Å²) in [4.78, 5) is 4.14. The number of nitrogens with one attached hydrogen (secondary N) is 1. The number of aromatic nitrogens is 3. The maximum atomic E-state index is 4.29. The smallest absolute Gasteiger partial charge is 0.0540 e. The Bertz CT molecular complexity index is 475. The normalized spacial score (nSPS) is 12.6. The first-order valence-corrected chi connectivity index (χ1v) is 5.77. The molecule has 90 valence electrons. The summed E-state index contributed by atoms with van der Waals surface area (Å²) in [6.45, 7) is 2.09. The second kappa shape index (κ2) is 5.10. The van der Waals surface area contributed by atoms with Crippen molar-refractivity contribution in [3.8, 4) is 0 Å². The largest absolute Gasteiger partial charge is 0.313 e. The third-order valence-corrected chi connectivity index (χ3v) is 3.16. The summed E-state index contributed by atoms with van der Waals surface area (Å²) in [6.07, 6.45) is 6.58. The van der Waals surface area contributed by atoms with E-state index < -0.39 is 0 Å². The predicted molar refractivity (Wildman–Crippen MR) is 67.7 cm³/mol. The van der Waals surface area contributed by atoms with Crippen molar-refractivity contribution in [2.45, 2.75) is 19.4 Å². The second-order valence-electron chi connectivity index (χ2n) is 4.22. The lowest BCUT2D eigenvalue weighted by Crippen LogP contribution is -2.19. The molecule has 0 saturated carbocycles. The molecule has 0 saturated heterocycles. The molecule has 2 aromatic heterocycles. The molecule has 1 N–H and O–H groups in total. The summed E-state index contributed by atoms with van der Waals surface area (Å²) in [5.74, 6) is 0. The van der Waals surface area contributed by atoms with Crippen LogP contribution in [-0.2, 0) is 13.5 Å². The fourth-order valence-electron chi connectivity index (χ4n) is 1.98. The van der Waals surface area contributed by atoms with Crippen LogP contribution in [0.25, 0.3) is 0 Å². The lowest BCUT2D eigenvalue weighted by atomic mass is 10.0. The number of nitrogens with zero attached hydrogens (tertiary/aromatic N) is 3. The van der Waals surface area contributed by atoms with Gasteiger partial charge in [-0.25, -0.2) is 0 Å². The fourth-order valence-corrected chi connectivity index (χ4v) is 1.98. The van der Waals surface area contributed by atoms with Crippen LogP contribution in [0.2, 0.25) is 0 Å². The molecule has 2 rings (SSSR count). The van der Waals surface area contributed by atoms with Gasteiger partial charge in [-0.05, 0) is 32.0 Å². The van der Waals surface area contributed by atoms with Crippen LogP contribution < -0.4 is 5.32 Å². The van der Waals surface area contributed by atoms with E-state index in [-0.39, 0.29) is 6.04 Å². The Kier molecular flexibility index (Phi) is 3.54. The van der Waals surface area contributed by atoms with Gasteiger partial charge in [-0.1, -0.05) is 6.07 Å². The highest BCUT2D eigenvalue weighted by Crippen LogP contribution is 2.20. The molecular weight excluding hydrogens is 212 g/mol. The molecule has 0 fully saturated rings. The quantitative estimate of drug-likeness (QED) is 0.868. The van der Waals surface area contributed by atoms with Crippen LogP contribution in [0.1, 0.15) is 22.9 Å². The van der Waals surface area contributed by atoms with Crippen LogP contribution in [0.3, 0.4) is 0 Å². The number of aryl methyl sites for hydroxylation is 1. The lowest BCUT2D eigenvalue weighted by Gasteiger charge is -2.15. The van der Waals surface area contributed by atoms with E-state index in [0.717, 1.165) is 6.42 Å². The van der Waals surface area contributed by atoms with E-state index in [2.05, 4.69) is 28.4 Å². The van der Waals surface area contributed by atoms with E-state index in [9.17, 15) is 0 Å². The van der Waals surface area contributed by atoms with Crippen LogP contribution in [0.4, 0.5) is 0 Å². The van der Waals surface area contributed by atoms with Crippen LogP contribution in [-0.4, -0.2) is 21.8 Å². The summed E-state index contributed by atoms with van der Waals surface area (Å²) in [5, 5.41) is 7.63. The topological polar surface area (TPSA) is 42.7 Å². The Balaban J connectivity index is 2.20. The number of hydrogen-bond donors (Lipinski definition) is 1. The van der Waals surface area contributed by atoms with Crippen molar-refractivity contribution in [3.63, 3.8) is 0 Å². The first-order chi connectivity index (χ1) is 8.22. The van der Waals surface area contributed by atoms with Crippen LogP contribution in [0, 0.1) is 6.92 Å². The van der Waals surface area contributed by atoms with Crippen molar-refractivity contribution >= 4 is 0 Å². The van der Waals surface area contributed by atoms with Gasteiger partial charge in [0.1, 0.15) is 0 Å². The van der Waals surface area contributed by atoms with Gasteiger partial charge in [-0.3, -0.25) is 9.67 Å². The third kappa shape index (κ3) is 2.53. The molecule has 0 aliphatic carbocycles. The van der Waals surface area contributed by atoms with Crippen molar-refractivity contribution in [2.24, 2.45) is 7.05 Å². The van der Waals surface area contributed by atoms with Crippen molar-refractivity contribution in [1.82, 2.24) is 20.1 Å². The van der Waals surface area contributed by atoms with Crippen LogP contribution in [0.15, 0.2) is 30.7 Å². The maximum absolute atomic E-state index is 4.29. The van der Waals surface area contributed by atoms with Gasteiger partial charge in [-0.2, -0.15) is 5.10 Å². The van der Waals surface area contributed by atoms with Crippen molar-refractivity contribution in [2.75, 3.05) is 7.05 Å². The molecule has 1 atom stereocenters. The summed E-state index contributed by atoms with van der Waals surface area (Å²) in [7, 11) is 3.95. The van der Waals surface area contributed by atoms with Crippen molar-refractivity contribution in [1.29, 1.82) is 0 Å². The highest BCUT2D eigenvalue weighted by atomic mass is 15.3. The zero-order chi connectivity index (χ0) is 12.3. The van der Waals surface area contributed by atoms with Gasteiger partial charge in [-0.15, -0.1) is 0 Å². The standard InChI is InChI=1S/C13H18N4/c1-10-12(9-16-17(10)3)13(14-2)7-11-5-4-6-15-8-11/h4-6,8-9,13-14H,7H2,1-3H3. The minimum Gasteiger partial charge on any atom is -0.313 e. The number of rotatable bonds is 4. The van der Waals surface area contributed by atoms with E-state index in [4.69, 9.17) is 0 Å². The highest BCUT2D eigenvalue weighted by molar-refractivity contribution is 5.23. The molecule has 0 aliphatic rings. The Hall–Kier alpha value is -1.68. The van der Waals surface area contributed by atoms with Gasteiger partial charge in [0.25, 0.3) is 0 Å². The van der Waals surface area contributed by atoms with Gasteiger partial charge in [0.15, 0.2) is 0 Å². The van der Waals surface area contributed by atoms with Gasteiger partial charge in [0.05, 0.1) is 6.20 Å². The summed E-state index contributed by atoms with van der Waals surface area (Å²) >= 11 is 0. The Morgan fingerprint density at radius 2 is 2.24 bits per heavy atom. The SMILES string of the molecule is CNC(Cc1cccnc1)c1cnn(C)c1C. The minimum absolute atomic E-state index is 0.285. The van der Waals surface area contributed by atoms with Gasteiger partial charge in [0, 0.05) is 36.7 Å². The van der Waals surface area contributed by atoms with Crippen molar-refractivity contribution in [3.05, 3.63) is 47.5 Å². The average molecular weight is 230 g/mol. The number of hydrogen-bond acceptors (Lipinski definition) is 3. The molecule has 0 bridgehead atoms. The fraction of sp³-hybridized carbons (Fsp3) is 0.385. The first kappa shape index (κ1) is 11.8. The molecule has 0 spiro atoms. The molecule has 17 heavy (non-hydrogen) atoms. The van der Waals surface area contributed by atoms with Gasteiger partial charge >= 0.3 is 0 Å². The molecule has 0 aliphatic heterocycles. The molecular formula is C13H18N4. The monoisotopic (exact) mass is 230 g/mol. The number of pyridine rings is 1. The van der Waals surface area contributed by atoms with E-state index in [0.29, 0.717) is 0 Å². The second-order valence-corrected chi connectivity index (χ2v) is 4.22.